The summed E-state index contributed by atoms with van der Waals surface area (Å²) in [6.07, 6.45) is 0.279. The summed E-state index contributed by atoms with van der Waals surface area (Å²) in [5.41, 5.74) is 1.77. The van der Waals surface area contributed by atoms with Crippen molar-refractivity contribution in [2.75, 3.05) is 27.9 Å². The fraction of sp³-hybridized carbons (Fsp3) is 0.361. The van der Waals surface area contributed by atoms with Gasteiger partial charge >= 0.3 is 17.9 Å². The van der Waals surface area contributed by atoms with Gasteiger partial charge in [-0.2, -0.15) is 0 Å². The number of ether oxygens (including phenoxy) is 6. The zero-order valence-corrected chi connectivity index (χ0v) is 26.2. The maximum atomic E-state index is 13.5. The summed E-state index contributed by atoms with van der Waals surface area (Å²) >= 11 is 0. The van der Waals surface area contributed by atoms with E-state index in [1.165, 1.54) is 21.3 Å². The van der Waals surface area contributed by atoms with E-state index in [9.17, 15) is 14.4 Å². The molecule has 0 bridgehead atoms. The Bertz CT molecular complexity index is 1330. The van der Waals surface area contributed by atoms with E-state index in [-0.39, 0.29) is 6.42 Å². The summed E-state index contributed by atoms with van der Waals surface area (Å²) in [5.74, 6) is -2.09. The van der Waals surface area contributed by atoms with Gasteiger partial charge in [0.15, 0.2) is 24.4 Å². The van der Waals surface area contributed by atoms with Crippen molar-refractivity contribution in [1.82, 2.24) is 0 Å². The first-order valence-electron chi connectivity index (χ1n) is 14.9. The van der Waals surface area contributed by atoms with Crippen LogP contribution in [0.5, 0.6) is 0 Å². The van der Waals surface area contributed by atoms with E-state index in [4.69, 9.17) is 28.4 Å². The van der Waals surface area contributed by atoms with Gasteiger partial charge in [-0.15, -0.1) is 0 Å². The number of rotatable bonds is 18. The topological polar surface area (TPSA) is 107 Å². The van der Waals surface area contributed by atoms with Gasteiger partial charge in [0.2, 0.25) is 0 Å². The van der Waals surface area contributed by atoms with Crippen LogP contribution in [-0.2, 0) is 42.8 Å². The molecule has 240 valence electrons. The average Bonchev–Trinajstić information content (AvgIpc) is 3.07. The van der Waals surface area contributed by atoms with Gasteiger partial charge in [-0.25, -0.2) is 14.4 Å². The fourth-order valence-electron chi connectivity index (χ4n) is 4.73. The van der Waals surface area contributed by atoms with Crippen LogP contribution in [0.1, 0.15) is 61.2 Å². The highest BCUT2D eigenvalue weighted by molar-refractivity contribution is 5.78. The Morgan fingerprint density at radius 3 is 1.38 bits per heavy atom. The summed E-state index contributed by atoms with van der Waals surface area (Å²) in [6, 6.07) is 26.7. The molecule has 0 saturated heterocycles. The van der Waals surface area contributed by atoms with Crippen LogP contribution in [-0.4, -0.2) is 58.1 Å². The van der Waals surface area contributed by atoms with Crippen molar-refractivity contribution in [2.45, 2.75) is 56.7 Å². The summed E-state index contributed by atoms with van der Waals surface area (Å²) in [4.78, 5) is 40.2. The van der Waals surface area contributed by atoms with Gasteiger partial charge in [-0.05, 0) is 36.0 Å². The fourth-order valence-corrected chi connectivity index (χ4v) is 4.73. The van der Waals surface area contributed by atoms with Crippen molar-refractivity contribution < 1.29 is 42.8 Å². The second kappa shape index (κ2) is 19.2. The summed E-state index contributed by atoms with van der Waals surface area (Å²) in [7, 11) is 4.21. The highest BCUT2D eigenvalue weighted by atomic mass is 16.6. The molecule has 0 amide bonds. The largest absolute Gasteiger partial charge is 0.459 e. The van der Waals surface area contributed by atoms with Crippen LogP contribution in [0.25, 0.3) is 0 Å². The first-order valence-corrected chi connectivity index (χ1v) is 14.9. The van der Waals surface area contributed by atoms with E-state index in [2.05, 4.69) is 0 Å². The molecule has 0 aliphatic heterocycles. The second-order valence-electron chi connectivity index (χ2n) is 10.1. The highest BCUT2D eigenvalue weighted by Gasteiger charge is 2.36. The predicted octanol–water partition coefficient (Wildman–Crippen LogP) is 6.26. The highest BCUT2D eigenvalue weighted by Crippen LogP contribution is 2.25. The average molecular weight is 619 g/mol. The Balaban J connectivity index is 1.91. The smallest absolute Gasteiger partial charge is 0.340 e. The molecule has 0 fully saturated rings. The van der Waals surface area contributed by atoms with Crippen LogP contribution in [0.4, 0.5) is 0 Å². The van der Waals surface area contributed by atoms with E-state index in [1.54, 1.807) is 72.8 Å². The van der Waals surface area contributed by atoms with Crippen molar-refractivity contribution >= 4 is 17.9 Å². The van der Waals surface area contributed by atoms with E-state index >= 15 is 0 Å². The number of hydrogen-bond donors (Lipinski definition) is 0. The van der Waals surface area contributed by atoms with Crippen LogP contribution < -0.4 is 0 Å². The molecule has 5 atom stereocenters. The number of hydrogen-bond acceptors (Lipinski definition) is 9. The van der Waals surface area contributed by atoms with Crippen LogP contribution >= 0.6 is 0 Å². The molecule has 9 nitrogen and oxygen atoms in total. The summed E-state index contributed by atoms with van der Waals surface area (Å²) in [6.45, 7) is 1.61. The third-order valence-electron chi connectivity index (χ3n) is 7.02. The number of esters is 3. The van der Waals surface area contributed by atoms with Gasteiger partial charge in [0.1, 0.15) is 12.7 Å². The number of carbonyl (C=O) groups excluding carboxylic acids is 3. The minimum atomic E-state index is -1.18. The standard InChI is InChI=1S/C36H42O9/c1-5-6-7-17-24-29(44-35(38)32(41-3)27-20-13-9-14-21-27)30(45-36(39)33(42-4)28-22-15-10-16-23-28)25-43-34(37)31(40-2)26-18-11-8-12-19-26/h6-16,18-23,29-33H,5,17,24-25H2,1-4H3/b7-6-/t29-,30-,31+,32+,33+/m1/s1. The molecule has 3 aromatic rings. The maximum absolute atomic E-state index is 13.5. The van der Waals surface area contributed by atoms with Crippen molar-refractivity contribution in [3.8, 4) is 0 Å². The number of methoxy groups -OCH3 is 3. The predicted molar refractivity (Wildman–Crippen MR) is 168 cm³/mol. The Hall–Kier alpha value is -4.31. The molecule has 0 spiro atoms. The Labute approximate surface area is 265 Å². The second-order valence-corrected chi connectivity index (χ2v) is 10.1. The van der Waals surface area contributed by atoms with E-state index < -0.39 is 55.0 Å². The van der Waals surface area contributed by atoms with Crippen molar-refractivity contribution in [2.24, 2.45) is 0 Å². The van der Waals surface area contributed by atoms with Gasteiger partial charge in [-0.3, -0.25) is 0 Å². The van der Waals surface area contributed by atoms with Crippen LogP contribution in [0, 0.1) is 0 Å². The van der Waals surface area contributed by atoms with Gasteiger partial charge in [0.25, 0.3) is 0 Å². The van der Waals surface area contributed by atoms with E-state index in [0.717, 1.165) is 6.42 Å². The SMILES string of the molecule is CC/C=C\CC[C@@H](OC(=O)[C@@H](OC)c1ccccc1)[C@@H](COC(=O)[C@@H](OC)c1ccccc1)OC(=O)[C@@H](OC)c1ccccc1. The molecule has 0 aliphatic rings. The molecule has 9 heteroatoms. The van der Waals surface area contributed by atoms with Crippen LogP contribution in [0.2, 0.25) is 0 Å². The molecule has 0 heterocycles. The van der Waals surface area contributed by atoms with Crippen molar-refractivity contribution in [3.05, 3.63) is 120 Å². The summed E-state index contributed by atoms with van der Waals surface area (Å²) < 4.78 is 34.0. The minimum absolute atomic E-state index is 0.276. The van der Waals surface area contributed by atoms with E-state index in [1.807, 2.05) is 37.3 Å². The zero-order chi connectivity index (χ0) is 32.4. The Morgan fingerprint density at radius 2 is 0.978 bits per heavy atom. The molecule has 45 heavy (non-hydrogen) atoms. The molecular weight excluding hydrogens is 576 g/mol. The molecule has 0 unspecified atom stereocenters. The minimum Gasteiger partial charge on any atom is -0.459 e. The lowest BCUT2D eigenvalue weighted by Crippen LogP contribution is -2.41. The molecule has 0 aromatic heterocycles. The molecule has 3 aromatic carbocycles. The Morgan fingerprint density at radius 1 is 0.578 bits per heavy atom. The van der Waals surface area contributed by atoms with Gasteiger partial charge in [0, 0.05) is 21.3 Å². The van der Waals surface area contributed by atoms with Crippen molar-refractivity contribution in [3.63, 3.8) is 0 Å². The van der Waals surface area contributed by atoms with Gasteiger partial charge < -0.3 is 28.4 Å². The molecule has 0 N–H and O–H groups in total. The molecular formula is C36H42O9. The third-order valence-corrected chi connectivity index (χ3v) is 7.02. The maximum Gasteiger partial charge on any atom is 0.340 e. The monoisotopic (exact) mass is 618 g/mol. The Kier molecular flexibility index (Phi) is 15.0. The third kappa shape index (κ3) is 10.7. The zero-order valence-electron chi connectivity index (χ0n) is 26.2. The van der Waals surface area contributed by atoms with Crippen molar-refractivity contribution in [1.29, 1.82) is 0 Å². The number of benzene rings is 3. The lowest BCUT2D eigenvalue weighted by molar-refractivity contribution is -0.189. The van der Waals surface area contributed by atoms with E-state index in [0.29, 0.717) is 23.1 Å². The quantitative estimate of drug-likeness (QED) is 0.0927. The first kappa shape index (κ1) is 35.2. The first-order chi connectivity index (χ1) is 21.9. The molecule has 0 aliphatic carbocycles. The number of carbonyl (C=O) groups is 3. The molecule has 0 saturated carbocycles. The molecule has 3 rings (SSSR count). The normalized spacial score (nSPS) is 14.6. The van der Waals surface area contributed by atoms with Gasteiger partial charge in [-0.1, -0.05) is 110 Å². The van der Waals surface area contributed by atoms with Crippen LogP contribution in [0.15, 0.2) is 103 Å². The van der Waals surface area contributed by atoms with Crippen LogP contribution in [0.3, 0.4) is 0 Å². The van der Waals surface area contributed by atoms with Gasteiger partial charge in [0.05, 0.1) is 0 Å². The lowest BCUT2D eigenvalue weighted by atomic mass is 10.1. The summed E-state index contributed by atoms with van der Waals surface area (Å²) in [5, 5.41) is 0. The number of allylic oxidation sites excluding steroid dienone is 2. The lowest BCUT2D eigenvalue weighted by Gasteiger charge is -2.29. The molecule has 0 radical (unpaired) electrons.